The SMILES string of the molecule is O=C(/C=C/c1nc2ccccc2s1)Nc1nc2ccccc2nc1N1CCCC1. The van der Waals surface area contributed by atoms with Gasteiger partial charge in [0.2, 0.25) is 5.91 Å². The van der Waals surface area contributed by atoms with Gasteiger partial charge in [-0.3, -0.25) is 4.79 Å². The molecule has 0 unspecified atom stereocenters. The maximum atomic E-state index is 12.6. The Morgan fingerprint density at radius 2 is 1.62 bits per heavy atom. The van der Waals surface area contributed by atoms with E-state index in [9.17, 15) is 4.79 Å². The second kappa shape index (κ2) is 7.60. The van der Waals surface area contributed by atoms with Gasteiger partial charge in [0.15, 0.2) is 11.6 Å². The highest BCUT2D eigenvalue weighted by atomic mass is 32.1. The zero-order valence-electron chi connectivity index (χ0n) is 15.7. The Balaban J connectivity index is 1.42. The quantitative estimate of drug-likeness (QED) is 0.510. The Morgan fingerprint density at radius 3 is 2.38 bits per heavy atom. The van der Waals surface area contributed by atoms with E-state index in [1.54, 1.807) is 17.4 Å². The Labute approximate surface area is 171 Å². The summed E-state index contributed by atoms with van der Waals surface area (Å²) in [6.45, 7) is 1.86. The highest BCUT2D eigenvalue weighted by Crippen LogP contribution is 2.28. The van der Waals surface area contributed by atoms with Crippen molar-refractivity contribution in [3.8, 4) is 0 Å². The lowest BCUT2D eigenvalue weighted by atomic mass is 10.3. The van der Waals surface area contributed by atoms with Crippen molar-refractivity contribution >= 4 is 56.2 Å². The minimum Gasteiger partial charge on any atom is -0.354 e. The molecule has 4 aromatic rings. The van der Waals surface area contributed by atoms with E-state index in [1.165, 1.54) is 6.08 Å². The van der Waals surface area contributed by atoms with Crippen LogP contribution in [-0.4, -0.2) is 33.9 Å². The van der Waals surface area contributed by atoms with E-state index >= 15 is 0 Å². The van der Waals surface area contributed by atoms with Gasteiger partial charge in [-0.2, -0.15) is 0 Å². The van der Waals surface area contributed by atoms with Crippen molar-refractivity contribution in [2.75, 3.05) is 23.3 Å². The number of thiazole rings is 1. The van der Waals surface area contributed by atoms with Crippen LogP contribution in [0.5, 0.6) is 0 Å². The number of benzene rings is 2. The number of aromatic nitrogens is 3. The molecule has 1 aliphatic heterocycles. The molecule has 3 heterocycles. The Morgan fingerprint density at radius 1 is 0.931 bits per heavy atom. The molecule has 0 radical (unpaired) electrons. The van der Waals surface area contributed by atoms with Gasteiger partial charge in [-0.1, -0.05) is 24.3 Å². The summed E-state index contributed by atoms with van der Waals surface area (Å²) >= 11 is 1.56. The molecule has 0 bridgehead atoms. The Kier molecular flexibility index (Phi) is 4.65. The number of carbonyl (C=O) groups excluding carboxylic acids is 1. The van der Waals surface area contributed by atoms with Gasteiger partial charge in [0.1, 0.15) is 5.01 Å². The number of hydrogen-bond acceptors (Lipinski definition) is 6. The monoisotopic (exact) mass is 401 g/mol. The number of fused-ring (bicyclic) bond motifs is 2. The van der Waals surface area contributed by atoms with E-state index in [2.05, 4.69) is 20.2 Å². The summed E-state index contributed by atoms with van der Waals surface area (Å²) in [5.41, 5.74) is 2.53. The molecule has 29 heavy (non-hydrogen) atoms. The predicted molar refractivity (Wildman–Crippen MR) is 118 cm³/mol. The molecule has 1 N–H and O–H groups in total. The average molecular weight is 401 g/mol. The Hall–Kier alpha value is -3.32. The minimum atomic E-state index is -0.241. The number of carbonyl (C=O) groups is 1. The molecule has 2 aromatic carbocycles. The molecule has 0 aliphatic carbocycles. The topological polar surface area (TPSA) is 71.0 Å². The molecule has 2 aromatic heterocycles. The van der Waals surface area contributed by atoms with Crippen LogP contribution >= 0.6 is 11.3 Å². The van der Waals surface area contributed by atoms with Crippen LogP contribution in [0.2, 0.25) is 0 Å². The molecule has 0 saturated carbocycles. The second-order valence-electron chi connectivity index (χ2n) is 6.92. The van der Waals surface area contributed by atoms with Gasteiger partial charge in [0, 0.05) is 19.2 Å². The van der Waals surface area contributed by atoms with Crippen LogP contribution in [0, 0.1) is 0 Å². The van der Waals surface area contributed by atoms with Crippen LogP contribution in [0.25, 0.3) is 27.3 Å². The van der Waals surface area contributed by atoms with Crippen molar-refractivity contribution in [2.24, 2.45) is 0 Å². The maximum absolute atomic E-state index is 12.6. The van der Waals surface area contributed by atoms with Crippen LogP contribution in [0.15, 0.2) is 54.6 Å². The third-order valence-corrected chi connectivity index (χ3v) is 5.89. The standard InChI is InChI=1S/C22H19N5OS/c28-19(11-12-20-23-17-9-3-4-10-18(17)29-20)26-21-22(27-13-5-6-14-27)25-16-8-2-1-7-15(16)24-21/h1-4,7-12H,5-6,13-14H2,(H,24,26,28)/b12-11+. The first kappa shape index (κ1) is 17.8. The second-order valence-corrected chi connectivity index (χ2v) is 7.98. The smallest absolute Gasteiger partial charge is 0.249 e. The zero-order valence-corrected chi connectivity index (χ0v) is 16.5. The van der Waals surface area contributed by atoms with Gasteiger partial charge in [0.05, 0.1) is 21.3 Å². The summed E-state index contributed by atoms with van der Waals surface area (Å²) in [7, 11) is 0. The molecule has 7 heteroatoms. The third-order valence-electron chi connectivity index (χ3n) is 4.89. The fourth-order valence-electron chi connectivity index (χ4n) is 3.49. The van der Waals surface area contributed by atoms with E-state index in [-0.39, 0.29) is 5.91 Å². The first-order valence-corrected chi connectivity index (χ1v) is 10.4. The normalized spacial score (nSPS) is 14.3. The molecule has 5 rings (SSSR count). The summed E-state index contributed by atoms with van der Waals surface area (Å²) in [6, 6.07) is 15.7. The van der Waals surface area contributed by atoms with Crippen molar-refractivity contribution in [3.63, 3.8) is 0 Å². The lowest BCUT2D eigenvalue weighted by molar-refractivity contribution is -0.111. The van der Waals surface area contributed by atoms with E-state index in [1.807, 2.05) is 48.5 Å². The number of nitrogens with one attached hydrogen (secondary N) is 1. The van der Waals surface area contributed by atoms with E-state index in [0.29, 0.717) is 5.82 Å². The average Bonchev–Trinajstić information content (AvgIpc) is 3.41. The highest BCUT2D eigenvalue weighted by Gasteiger charge is 2.20. The zero-order chi connectivity index (χ0) is 19.6. The Bertz CT molecular complexity index is 1190. The van der Waals surface area contributed by atoms with Crippen LogP contribution in [0.4, 0.5) is 11.6 Å². The first-order valence-electron chi connectivity index (χ1n) is 9.63. The third kappa shape index (κ3) is 3.69. The van der Waals surface area contributed by atoms with Crippen LogP contribution in [0.3, 0.4) is 0 Å². The molecular weight excluding hydrogens is 382 g/mol. The summed E-state index contributed by atoms with van der Waals surface area (Å²) < 4.78 is 1.10. The largest absolute Gasteiger partial charge is 0.354 e. The maximum Gasteiger partial charge on any atom is 0.249 e. The fraction of sp³-hybridized carbons (Fsp3) is 0.182. The molecule has 0 spiro atoms. The van der Waals surface area contributed by atoms with Crippen molar-refractivity contribution in [1.29, 1.82) is 0 Å². The van der Waals surface area contributed by atoms with E-state index in [0.717, 1.165) is 58.0 Å². The van der Waals surface area contributed by atoms with Crippen LogP contribution in [0.1, 0.15) is 17.8 Å². The fourth-order valence-corrected chi connectivity index (χ4v) is 4.36. The van der Waals surface area contributed by atoms with Gasteiger partial charge >= 0.3 is 0 Å². The van der Waals surface area contributed by atoms with Crippen LogP contribution in [-0.2, 0) is 4.79 Å². The van der Waals surface area contributed by atoms with Crippen molar-refractivity contribution in [2.45, 2.75) is 12.8 Å². The van der Waals surface area contributed by atoms with Crippen molar-refractivity contribution in [1.82, 2.24) is 15.0 Å². The van der Waals surface area contributed by atoms with Gasteiger partial charge in [-0.05, 0) is 43.2 Å². The lowest BCUT2D eigenvalue weighted by Gasteiger charge is -2.19. The van der Waals surface area contributed by atoms with E-state index in [4.69, 9.17) is 4.98 Å². The van der Waals surface area contributed by atoms with Gasteiger partial charge in [0.25, 0.3) is 0 Å². The number of amides is 1. The number of rotatable bonds is 4. The van der Waals surface area contributed by atoms with E-state index < -0.39 is 0 Å². The molecule has 6 nitrogen and oxygen atoms in total. The molecule has 1 aliphatic rings. The summed E-state index contributed by atoms with van der Waals surface area (Å²) in [5.74, 6) is 1.00. The van der Waals surface area contributed by atoms with Gasteiger partial charge < -0.3 is 10.2 Å². The number of nitrogens with zero attached hydrogens (tertiary/aromatic N) is 4. The molecule has 1 fully saturated rings. The van der Waals surface area contributed by atoms with Gasteiger partial charge in [-0.15, -0.1) is 11.3 Å². The molecule has 144 valence electrons. The summed E-state index contributed by atoms with van der Waals surface area (Å²) in [6.07, 6.45) is 5.49. The first-order chi connectivity index (χ1) is 14.3. The lowest BCUT2D eigenvalue weighted by Crippen LogP contribution is -2.22. The van der Waals surface area contributed by atoms with Crippen molar-refractivity contribution in [3.05, 3.63) is 59.6 Å². The number of para-hydroxylation sites is 3. The number of anilines is 2. The summed E-state index contributed by atoms with van der Waals surface area (Å²) in [4.78, 5) is 28.8. The van der Waals surface area contributed by atoms with Crippen molar-refractivity contribution < 1.29 is 4.79 Å². The van der Waals surface area contributed by atoms with Crippen LogP contribution < -0.4 is 10.2 Å². The highest BCUT2D eigenvalue weighted by molar-refractivity contribution is 7.19. The summed E-state index contributed by atoms with van der Waals surface area (Å²) in [5, 5.41) is 3.72. The minimum absolute atomic E-state index is 0.241. The van der Waals surface area contributed by atoms with Gasteiger partial charge in [-0.25, -0.2) is 15.0 Å². The predicted octanol–water partition coefficient (Wildman–Crippen LogP) is 4.49. The molecule has 1 amide bonds. The molecular formula is C22H19N5OS. The molecule has 1 saturated heterocycles. The number of hydrogen-bond donors (Lipinski definition) is 1. The molecule has 0 atom stereocenters.